The second kappa shape index (κ2) is 9.73. The minimum atomic E-state index is -3.72. The molecule has 0 saturated carbocycles. The minimum absolute atomic E-state index is 0.0175. The molecule has 0 aromatic heterocycles. The molecule has 0 saturated heterocycles. The van der Waals surface area contributed by atoms with Gasteiger partial charge in [0.25, 0.3) is 5.91 Å². The van der Waals surface area contributed by atoms with Gasteiger partial charge in [-0.1, -0.05) is 18.6 Å². The lowest BCUT2D eigenvalue weighted by Gasteiger charge is -2.14. The molecule has 0 bridgehead atoms. The maximum atomic E-state index is 12.4. The van der Waals surface area contributed by atoms with E-state index in [2.05, 4.69) is 16.1 Å². The van der Waals surface area contributed by atoms with Gasteiger partial charge >= 0.3 is 0 Å². The van der Waals surface area contributed by atoms with Gasteiger partial charge in [-0.3, -0.25) is 4.79 Å². The lowest BCUT2D eigenvalue weighted by Crippen LogP contribution is -2.27. The van der Waals surface area contributed by atoms with E-state index in [9.17, 15) is 13.2 Å². The topological polar surface area (TPSA) is 84.5 Å². The molecule has 0 aliphatic heterocycles. The highest BCUT2D eigenvalue weighted by Gasteiger charge is 2.21. The zero-order valence-corrected chi connectivity index (χ0v) is 16.3. The Labute approximate surface area is 156 Å². The van der Waals surface area contributed by atoms with Crippen LogP contribution in [0.2, 0.25) is 0 Å². The Balaban J connectivity index is 2.07. The first-order valence-electron chi connectivity index (χ1n) is 9.11. The first-order valence-corrected chi connectivity index (χ1v) is 10.6. The summed E-state index contributed by atoms with van der Waals surface area (Å²) < 4.78 is 32.5. The van der Waals surface area contributed by atoms with Gasteiger partial charge in [-0.15, -0.1) is 0 Å². The fourth-order valence-electron chi connectivity index (χ4n) is 2.91. The molecule has 1 aliphatic rings. The van der Waals surface area contributed by atoms with E-state index in [-0.39, 0.29) is 16.6 Å². The van der Waals surface area contributed by atoms with Crippen LogP contribution in [-0.4, -0.2) is 34.5 Å². The van der Waals surface area contributed by atoms with Crippen molar-refractivity contribution in [1.29, 1.82) is 0 Å². The zero-order chi connectivity index (χ0) is 19.0. The maximum Gasteiger partial charge on any atom is 0.251 e. The van der Waals surface area contributed by atoms with Crippen molar-refractivity contribution in [2.75, 3.05) is 20.2 Å². The quantitative estimate of drug-likeness (QED) is 0.645. The number of hydrogen-bond donors (Lipinski definition) is 2. The van der Waals surface area contributed by atoms with Crippen LogP contribution in [0, 0.1) is 0 Å². The van der Waals surface area contributed by atoms with E-state index < -0.39 is 10.0 Å². The third-order valence-corrected chi connectivity index (χ3v) is 5.86. The molecule has 2 N–H and O–H groups in total. The number of methoxy groups -OCH3 is 1. The van der Waals surface area contributed by atoms with Crippen molar-refractivity contribution in [2.45, 2.75) is 50.3 Å². The number of benzene rings is 1. The Morgan fingerprint density at radius 3 is 2.69 bits per heavy atom. The van der Waals surface area contributed by atoms with Gasteiger partial charge in [0.15, 0.2) is 0 Å². The number of allylic oxidation sites excluding steroid dienone is 1. The fourth-order valence-corrected chi connectivity index (χ4v) is 4.24. The SMILES string of the molecule is CCCNS(=O)(=O)c1cc(C(=O)NCCC2=CCCCC2)ccc1OC. The van der Waals surface area contributed by atoms with Crippen LogP contribution in [0.1, 0.15) is 55.8 Å². The third-order valence-electron chi connectivity index (χ3n) is 4.37. The Hall–Kier alpha value is -1.86. The molecule has 1 aromatic carbocycles. The molecule has 0 heterocycles. The molecule has 0 spiro atoms. The van der Waals surface area contributed by atoms with Crippen LogP contribution in [0.25, 0.3) is 0 Å². The van der Waals surface area contributed by atoms with Crippen LogP contribution in [0.3, 0.4) is 0 Å². The molecule has 1 aliphatic carbocycles. The highest BCUT2D eigenvalue weighted by molar-refractivity contribution is 7.89. The van der Waals surface area contributed by atoms with Crippen LogP contribution in [-0.2, 0) is 10.0 Å². The first kappa shape index (κ1) is 20.5. The lowest BCUT2D eigenvalue weighted by molar-refractivity contribution is 0.0953. The van der Waals surface area contributed by atoms with Gasteiger partial charge in [-0.05, 0) is 56.7 Å². The normalized spacial score (nSPS) is 14.6. The van der Waals surface area contributed by atoms with Gasteiger partial charge in [0.1, 0.15) is 10.6 Å². The summed E-state index contributed by atoms with van der Waals surface area (Å²) in [5.41, 5.74) is 1.69. The average molecular weight is 381 g/mol. The van der Waals surface area contributed by atoms with Gasteiger partial charge in [-0.25, -0.2) is 13.1 Å². The van der Waals surface area contributed by atoms with E-state index in [1.165, 1.54) is 37.7 Å². The van der Waals surface area contributed by atoms with Crippen molar-refractivity contribution in [3.8, 4) is 5.75 Å². The third kappa shape index (κ3) is 5.57. The highest BCUT2D eigenvalue weighted by Crippen LogP contribution is 2.25. The van der Waals surface area contributed by atoms with Crippen molar-refractivity contribution in [3.63, 3.8) is 0 Å². The van der Waals surface area contributed by atoms with Gasteiger partial charge in [-0.2, -0.15) is 0 Å². The summed E-state index contributed by atoms with van der Waals surface area (Å²) in [5.74, 6) is -0.0616. The van der Waals surface area contributed by atoms with Crippen molar-refractivity contribution in [1.82, 2.24) is 10.0 Å². The molecule has 26 heavy (non-hydrogen) atoms. The number of rotatable bonds is 9. The first-order chi connectivity index (χ1) is 12.5. The molecule has 7 heteroatoms. The number of carbonyl (C=O) groups is 1. The molecule has 1 aromatic rings. The highest BCUT2D eigenvalue weighted by atomic mass is 32.2. The van der Waals surface area contributed by atoms with Gasteiger partial charge in [0.2, 0.25) is 10.0 Å². The molecule has 6 nitrogen and oxygen atoms in total. The van der Waals surface area contributed by atoms with Crippen molar-refractivity contribution in [2.24, 2.45) is 0 Å². The van der Waals surface area contributed by atoms with E-state index in [4.69, 9.17) is 4.74 Å². The number of sulfonamides is 1. The van der Waals surface area contributed by atoms with Crippen LogP contribution in [0.4, 0.5) is 0 Å². The number of ether oxygens (including phenoxy) is 1. The number of nitrogens with one attached hydrogen (secondary N) is 2. The predicted octanol–water partition coefficient (Wildman–Crippen LogP) is 3.00. The minimum Gasteiger partial charge on any atom is -0.495 e. The molecule has 0 unspecified atom stereocenters. The van der Waals surface area contributed by atoms with Crippen LogP contribution in [0.5, 0.6) is 5.75 Å². The smallest absolute Gasteiger partial charge is 0.251 e. The summed E-state index contributed by atoms with van der Waals surface area (Å²) in [7, 11) is -2.31. The molecular formula is C19H28N2O4S. The largest absolute Gasteiger partial charge is 0.495 e. The van der Waals surface area contributed by atoms with Crippen LogP contribution in [0.15, 0.2) is 34.7 Å². The van der Waals surface area contributed by atoms with Crippen molar-refractivity contribution in [3.05, 3.63) is 35.4 Å². The second-order valence-electron chi connectivity index (χ2n) is 6.38. The summed E-state index contributed by atoms with van der Waals surface area (Å²) >= 11 is 0. The van der Waals surface area contributed by atoms with Crippen LogP contribution >= 0.6 is 0 Å². The summed E-state index contributed by atoms with van der Waals surface area (Å²) in [6.07, 6.45) is 8.45. The Bertz CT molecular complexity index is 757. The maximum absolute atomic E-state index is 12.4. The summed E-state index contributed by atoms with van der Waals surface area (Å²) in [5, 5.41) is 2.87. The predicted molar refractivity (Wildman–Crippen MR) is 102 cm³/mol. The molecule has 144 valence electrons. The standard InChI is InChI=1S/C19H28N2O4S/c1-3-12-21-26(23,24)18-14-16(9-10-17(18)25-2)19(22)20-13-11-15-7-5-4-6-8-15/h7,9-10,14,21H,3-6,8,11-13H2,1-2H3,(H,20,22). The Morgan fingerprint density at radius 1 is 1.23 bits per heavy atom. The Kier molecular flexibility index (Phi) is 7.66. The van der Waals surface area contributed by atoms with Crippen LogP contribution < -0.4 is 14.8 Å². The monoisotopic (exact) mass is 380 g/mol. The van der Waals surface area contributed by atoms with Crippen molar-refractivity contribution < 1.29 is 17.9 Å². The lowest BCUT2D eigenvalue weighted by atomic mass is 9.97. The molecule has 0 atom stereocenters. The summed E-state index contributed by atoms with van der Waals surface area (Å²) in [4.78, 5) is 12.4. The molecule has 1 amide bonds. The number of amides is 1. The van der Waals surface area contributed by atoms with E-state index in [0.29, 0.717) is 25.1 Å². The zero-order valence-electron chi connectivity index (χ0n) is 15.5. The van der Waals surface area contributed by atoms with Gasteiger partial charge < -0.3 is 10.1 Å². The van der Waals surface area contributed by atoms with Gasteiger partial charge in [0.05, 0.1) is 7.11 Å². The van der Waals surface area contributed by atoms with Crippen molar-refractivity contribution >= 4 is 15.9 Å². The van der Waals surface area contributed by atoms with Gasteiger partial charge in [0, 0.05) is 18.7 Å². The molecule has 0 fully saturated rings. The summed E-state index contributed by atoms with van der Waals surface area (Å²) in [6.45, 7) is 2.76. The number of hydrogen-bond acceptors (Lipinski definition) is 4. The Morgan fingerprint density at radius 2 is 2.04 bits per heavy atom. The molecule has 0 radical (unpaired) electrons. The van der Waals surface area contributed by atoms with E-state index in [1.54, 1.807) is 6.07 Å². The van der Waals surface area contributed by atoms with E-state index >= 15 is 0 Å². The van der Waals surface area contributed by atoms with E-state index in [0.717, 1.165) is 19.3 Å². The molecule has 2 rings (SSSR count). The fraction of sp³-hybridized carbons (Fsp3) is 0.526. The number of carbonyl (C=O) groups excluding carboxylic acids is 1. The molecular weight excluding hydrogens is 352 g/mol. The van der Waals surface area contributed by atoms with E-state index in [1.807, 2.05) is 6.92 Å². The summed E-state index contributed by atoms with van der Waals surface area (Å²) in [6, 6.07) is 4.46. The second-order valence-corrected chi connectivity index (χ2v) is 8.11. The average Bonchev–Trinajstić information content (AvgIpc) is 2.66.